The summed E-state index contributed by atoms with van der Waals surface area (Å²) in [5.74, 6) is -0.582. The highest BCUT2D eigenvalue weighted by Gasteiger charge is 2.54. The van der Waals surface area contributed by atoms with Gasteiger partial charge in [-0.05, 0) is 6.92 Å². The zero-order valence-electron chi connectivity index (χ0n) is 20.5. The van der Waals surface area contributed by atoms with Crippen LogP contribution in [0.15, 0.2) is 0 Å². The van der Waals surface area contributed by atoms with Gasteiger partial charge in [-0.3, -0.25) is 4.79 Å². The van der Waals surface area contributed by atoms with Crippen LogP contribution in [0.2, 0.25) is 0 Å². The normalized spacial score (nSPS) is 49.0. The summed E-state index contributed by atoms with van der Waals surface area (Å²) in [7, 11) is 1.22. The zero-order valence-corrected chi connectivity index (χ0v) is 20.5. The Morgan fingerprint density at radius 2 is 1.38 bits per heavy atom. The highest BCUT2D eigenvalue weighted by atomic mass is 16.8. The van der Waals surface area contributed by atoms with E-state index in [1.807, 2.05) is 0 Å². The molecule has 3 aliphatic heterocycles. The maximum absolute atomic E-state index is 11.5. The van der Waals surface area contributed by atoms with Crippen LogP contribution in [0.3, 0.4) is 0 Å². The summed E-state index contributed by atoms with van der Waals surface area (Å²) >= 11 is 0. The lowest BCUT2D eigenvalue weighted by atomic mass is 9.95. The maximum Gasteiger partial charge on any atom is 0.217 e. The molecule has 0 saturated carbocycles. The molecule has 216 valence electrons. The molecule has 3 rings (SSSR count). The molecule has 37 heavy (non-hydrogen) atoms. The summed E-state index contributed by atoms with van der Waals surface area (Å²) in [6.07, 6.45) is -20.2. The Labute approximate surface area is 212 Å². The van der Waals surface area contributed by atoms with E-state index in [0.29, 0.717) is 0 Å². The number of rotatable bonds is 8. The van der Waals surface area contributed by atoms with Crippen molar-refractivity contribution < 1.29 is 74.1 Å². The van der Waals surface area contributed by atoms with Crippen molar-refractivity contribution in [2.45, 2.75) is 106 Å². The molecule has 3 fully saturated rings. The van der Waals surface area contributed by atoms with Crippen molar-refractivity contribution in [3.05, 3.63) is 0 Å². The van der Waals surface area contributed by atoms with E-state index in [4.69, 9.17) is 28.4 Å². The molecule has 9 N–H and O–H groups in total. The summed E-state index contributed by atoms with van der Waals surface area (Å²) in [5, 5.41) is 84.0. The second-order valence-corrected chi connectivity index (χ2v) is 9.26. The number of hydrogen-bond donors (Lipinski definition) is 9. The van der Waals surface area contributed by atoms with Crippen molar-refractivity contribution >= 4 is 5.91 Å². The number of aliphatic hydroxyl groups excluding tert-OH is 8. The van der Waals surface area contributed by atoms with Crippen LogP contribution < -0.4 is 5.32 Å². The standard InChI is InChI=1S/C21H37NO15/c1-6-11(26)14(29)15(30)20(33-6)37-17-12(27)8(4-23)35-21(18(17)32-3)36-16-9(5-24)34-19(31)10(13(16)28)22-7(2)25/h6,8-21,23-24,26-31H,4-5H2,1-3H3,(H,22,25)/t6-,8+,9+,10+,11+,12-,13+,14+,15-,16+,17-,18+,19?,20-,21-/m0/s1. The van der Waals surface area contributed by atoms with Gasteiger partial charge in [0.15, 0.2) is 18.9 Å². The molecule has 15 atom stereocenters. The molecule has 1 amide bonds. The van der Waals surface area contributed by atoms with E-state index >= 15 is 0 Å². The predicted molar refractivity (Wildman–Crippen MR) is 116 cm³/mol. The summed E-state index contributed by atoms with van der Waals surface area (Å²) in [5.41, 5.74) is 0. The van der Waals surface area contributed by atoms with Gasteiger partial charge in [0, 0.05) is 14.0 Å². The summed E-state index contributed by atoms with van der Waals surface area (Å²) in [6.45, 7) is 1.17. The first-order chi connectivity index (χ1) is 17.4. The smallest absolute Gasteiger partial charge is 0.217 e. The summed E-state index contributed by atoms with van der Waals surface area (Å²) < 4.78 is 33.4. The molecule has 3 aliphatic rings. The number of amides is 1. The third-order valence-corrected chi connectivity index (χ3v) is 6.70. The monoisotopic (exact) mass is 543 g/mol. The molecule has 0 aromatic rings. The molecule has 16 heteroatoms. The molecule has 3 heterocycles. The lowest BCUT2D eigenvalue weighted by molar-refractivity contribution is -0.375. The first-order valence-electron chi connectivity index (χ1n) is 11.8. The molecule has 0 spiro atoms. The minimum Gasteiger partial charge on any atom is -0.394 e. The first kappa shape index (κ1) is 30.5. The summed E-state index contributed by atoms with van der Waals surface area (Å²) in [4.78, 5) is 11.5. The SMILES string of the molecule is CO[C@H]1[C@H](O[C@H]2[C@H](O)[C@@H](NC(C)=O)C(O)O[C@@H]2CO)O[C@H](CO)[C@H](O)[C@@H]1O[C@@H]1O[C@@H](C)[C@@H](O)[C@@H](O)[C@@H]1O. The van der Waals surface area contributed by atoms with Gasteiger partial charge in [-0.1, -0.05) is 0 Å². The van der Waals surface area contributed by atoms with Crippen LogP contribution in [-0.4, -0.2) is 159 Å². The Morgan fingerprint density at radius 1 is 0.757 bits per heavy atom. The molecule has 0 bridgehead atoms. The fourth-order valence-corrected chi connectivity index (χ4v) is 4.63. The van der Waals surface area contributed by atoms with Crippen LogP contribution in [0, 0.1) is 0 Å². The Bertz CT molecular complexity index is 747. The van der Waals surface area contributed by atoms with E-state index in [1.54, 1.807) is 0 Å². The number of methoxy groups -OCH3 is 1. The van der Waals surface area contributed by atoms with Gasteiger partial charge in [0.2, 0.25) is 5.91 Å². The van der Waals surface area contributed by atoms with Gasteiger partial charge in [0.25, 0.3) is 0 Å². The van der Waals surface area contributed by atoms with Crippen molar-refractivity contribution in [2.24, 2.45) is 0 Å². The molecule has 0 aromatic heterocycles. The lowest BCUT2D eigenvalue weighted by Crippen LogP contribution is -2.68. The molecule has 3 saturated heterocycles. The van der Waals surface area contributed by atoms with E-state index in [9.17, 15) is 45.6 Å². The maximum atomic E-state index is 11.5. The highest BCUT2D eigenvalue weighted by molar-refractivity contribution is 5.73. The predicted octanol–water partition coefficient (Wildman–Crippen LogP) is -5.75. The Morgan fingerprint density at radius 3 is 1.95 bits per heavy atom. The van der Waals surface area contributed by atoms with Gasteiger partial charge in [0.05, 0.1) is 19.3 Å². The molecular weight excluding hydrogens is 506 g/mol. The number of carbonyl (C=O) groups excluding carboxylic acids is 1. The number of aliphatic hydroxyl groups is 8. The molecule has 0 aromatic carbocycles. The van der Waals surface area contributed by atoms with Crippen molar-refractivity contribution in [3.8, 4) is 0 Å². The van der Waals surface area contributed by atoms with Crippen LogP contribution in [0.25, 0.3) is 0 Å². The van der Waals surface area contributed by atoms with Crippen LogP contribution in [-0.2, 0) is 33.2 Å². The van der Waals surface area contributed by atoms with Crippen molar-refractivity contribution in [1.29, 1.82) is 0 Å². The second kappa shape index (κ2) is 12.8. The molecule has 0 radical (unpaired) electrons. The second-order valence-electron chi connectivity index (χ2n) is 9.26. The molecule has 1 unspecified atom stereocenters. The zero-order chi connectivity index (χ0) is 27.6. The Hall–Kier alpha value is -1.09. The molecular formula is C21H37NO15. The third kappa shape index (κ3) is 6.39. The van der Waals surface area contributed by atoms with Crippen LogP contribution in [0.5, 0.6) is 0 Å². The first-order valence-corrected chi connectivity index (χ1v) is 11.8. The van der Waals surface area contributed by atoms with Crippen LogP contribution >= 0.6 is 0 Å². The van der Waals surface area contributed by atoms with Gasteiger partial charge in [-0.25, -0.2) is 0 Å². The average molecular weight is 544 g/mol. The van der Waals surface area contributed by atoms with Gasteiger partial charge in [0.1, 0.15) is 67.1 Å². The Kier molecular flexibility index (Phi) is 10.6. The third-order valence-electron chi connectivity index (χ3n) is 6.70. The van der Waals surface area contributed by atoms with Gasteiger partial charge >= 0.3 is 0 Å². The van der Waals surface area contributed by atoms with E-state index in [-0.39, 0.29) is 0 Å². The largest absolute Gasteiger partial charge is 0.394 e. The molecule has 0 aliphatic carbocycles. The Balaban J connectivity index is 1.84. The topological polar surface area (TPSA) is 246 Å². The van der Waals surface area contributed by atoms with Crippen molar-refractivity contribution in [3.63, 3.8) is 0 Å². The van der Waals surface area contributed by atoms with Gasteiger partial charge in [-0.15, -0.1) is 0 Å². The molecule has 16 nitrogen and oxygen atoms in total. The minimum absolute atomic E-state index is 0.582. The number of carbonyl (C=O) groups is 1. The quantitative estimate of drug-likeness (QED) is 0.138. The van der Waals surface area contributed by atoms with E-state index in [1.165, 1.54) is 14.0 Å². The number of nitrogens with one attached hydrogen (secondary N) is 1. The van der Waals surface area contributed by atoms with E-state index < -0.39 is 111 Å². The lowest BCUT2D eigenvalue weighted by Gasteiger charge is -2.49. The minimum atomic E-state index is -1.71. The number of hydrogen-bond acceptors (Lipinski definition) is 15. The van der Waals surface area contributed by atoms with Gasteiger partial charge in [-0.2, -0.15) is 0 Å². The highest BCUT2D eigenvalue weighted by Crippen LogP contribution is 2.33. The van der Waals surface area contributed by atoms with Crippen LogP contribution in [0.1, 0.15) is 13.8 Å². The van der Waals surface area contributed by atoms with E-state index in [0.717, 1.165) is 6.92 Å². The van der Waals surface area contributed by atoms with E-state index in [2.05, 4.69) is 5.32 Å². The average Bonchev–Trinajstić information content (AvgIpc) is 2.86. The fourth-order valence-electron chi connectivity index (χ4n) is 4.63. The summed E-state index contributed by atoms with van der Waals surface area (Å²) in [6, 6.07) is -1.33. The fraction of sp³-hybridized carbons (Fsp3) is 0.952. The van der Waals surface area contributed by atoms with Crippen LogP contribution in [0.4, 0.5) is 0 Å². The van der Waals surface area contributed by atoms with Crippen molar-refractivity contribution in [2.75, 3.05) is 20.3 Å². The van der Waals surface area contributed by atoms with Gasteiger partial charge < -0.3 is 74.6 Å². The van der Waals surface area contributed by atoms with Crippen molar-refractivity contribution in [1.82, 2.24) is 5.32 Å². The number of ether oxygens (including phenoxy) is 6.